The molecule has 0 heterocycles. The topological polar surface area (TPSA) is 26.3 Å². The SMILES string of the molecule is CC(=O)OC1CC2C=CCC(C(C)C)C2C=C1C. The predicted molar refractivity (Wildman–Crippen MR) is 73.0 cm³/mol. The van der Waals surface area contributed by atoms with Crippen LogP contribution < -0.4 is 0 Å². The highest BCUT2D eigenvalue weighted by Crippen LogP contribution is 2.42. The first kappa shape index (κ1) is 13.4. The van der Waals surface area contributed by atoms with Crippen molar-refractivity contribution in [1.29, 1.82) is 0 Å². The van der Waals surface area contributed by atoms with Gasteiger partial charge in [-0.3, -0.25) is 4.79 Å². The Morgan fingerprint density at radius 1 is 1.44 bits per heavy atom. The highest BCUT2D eigenvalue weighted by Gasteiger charge is 2.36. The molecule has 2 rings (SSSR count). The lowest BCUT2D eigenvalue weighted by Crippen LogP contribution is -2.35. The summed E-state index contributed by atoms with van der Waals surface area (Å²) >= 11 is 0. The zero-order valence-corrected chi connectivity index (χ0v) is 11.8. The molecule has 0 N–H and O–H groups in total. The number of fused-ring (bicyclic) bond motifs is 1. The van der Waals surface area contributed by atoms with E-state index in [0.29, 0.717) is 17.8 Å². The normalized spacial score (nSPS) is 35.1. The highest BCUT2D eigenvalue weighted by molar-refractivity contribution is 5.66. The first-order chi connectivity index (χ1) is 8.49. The first-order valence-electron chi connectivity index (χ1n) is 7.01. The molecular weight excluding hydrogens is 224 g/mol. The fraction of sp³-hybridized carbons (Fsp3) is 0.688. The molecule has 4 atom stereocenters. The molecule has 100 valence electrons. The third kappa shape index (κ3) is 2.68. The fourth-order valence-corrected chi connectivity index (χ4v) is 3.40. The van der Waals surface area contributed by atoms with Crippen LogP contribution >= 0.6 is 0 Å². The number of carbonyl (C=O) groups is 1. The number of esters is 1. The molecule has 0 aromatic carbocycles. The van der Waals surface area contributed by atoms with E-state index in [9.17, 15) is 4.79 Å². The molecule has 0 amide bonds. The molecule has 0 saturated carbocycles. The summed E-state index contributed by atoms with van der Waals surface area (Å²) in [5.74, 6) is 2.43. The van der Waals surface area contributed by atoms with Crippen molar-refractivity contribution in [2.75, 3.05) is 0 Å². The lowest BCUT2D eigenvalue weighted by molar-refractivity contribution is -0.145. The van der Waals surface area contributed by atoms with E-state index in [-0.39, 0.29) is 12.1 Å². The second kappa shape index (κ2) is 5.29. The second-order valence-electron chi connectivity index (χ2n) is 6.06. The summed E-state index contributed by atoms with van der Waals surface area (Å²) in [6, 6.07) is 0. The largest absolute Gasteiger partial charge is 0.458 e. The van der Waals surface area contributed by atoms with Crippen LogP contribution in [0.2, 0.25) is 0 Å². The van der Waals surface area contributed by atoms with Crippen molar-refractivity contribution in [3.63, 3.8) is 0 Å². The van der Waals surface area contributed by atoms with Gasteiger partial charge in [-0.05, 0) is 49.0 Å². The number of ether oxygens (including phenoxy) is 1. The average molecular weight is 248 g/mol. The molecule has 2 aliphatic rings. The van der Waals surface area contributed by atoms with E-state index in [2.05, 4.69) is 39.0 Å². The number of hydrogen-bond acceptors (Lipinski definition) is 2. The molecule has 2 aliphatic carbocycles. The quantitative estimate of drug-likeness (QED) is 0.550. The van der Waals surface area contributed by atoms with Crippen LogP contribution in [-0.4, -0.2) is 12.1 Å². The van der Waals surface area contributed by atoms with Crippen LogP contribution in [0.5, 0.6) is 0 Å². The van der Waals surface area contributed by atoms with Gasteiger partial charge in [0, 0.05) is 6.92 Å². The van der Waals surface area contributed by atoms with Gasteiger partial charge in [-0.1, -0.05) is 32.1 Å². The third-order valence-corrected chi connectivity index (χ3v) is 4.39. The van der Waals surface area contributed by atoms with Crippen LogP contribution in [0, 0.1) is 23.7 Å². The average Bonchev–Trinajstić information content (AvgIpc) is 2.28. The zero-order chi connectivity index (χ0) is 13.3. The highest BCUT2D eigenvalue weighted by atomic mass is 16.5. The third-order valence-electron chi connectivity index (χ3n) is 4.39. The summed E-state index contributed by atoms with van der Waals surface area (Å²) in [6.45, 7) is 8.21. The van der Waals surface area contributed by atoms with Crippen molar-refractivity contribution >= 4 is 5.97 Å². The maximum absolute atomic E-state index is 11.1. The monoisotopic (exact) mass is 248 g/mol. The van der Waals surface area contributed by atoms with Gasteiger partial charge in [-0.2, -0.15) is 0 Å². The van der Waals surface area contributed by atoms with Gasteiger partial charge in [0.05, 0.1) is 0 Å². The van der Waals surface area contributed by atoms with Gasteiger partial charge in [0.1, 0.15) is 6.10 Å². The Morgan fingerprint density at radius 2 is 2.17 bits per heavy atom. The van der Waals surface area contributed by atoms with Crippen molar-refractivity contribution in [3.05, 3.63) is 23.8 Å². The van der Waals surface area contributed by atoms with Crippen LogP contribution in [-0.2, 0) is 9.53 Å². The molecular formula is C16H24O2. The van der Waals surface area contributed by atoms with Crippen molar-refractivity contribution in [2.24, 2.45) is 23.7 Å². The summed E-state index contributed by atoms with van der Waals surface area (Å²) in [5.41, 5.74) is 1.23. The van der Waals surface area contributed by atoms with Crippen LogP contribution in [0.15, 0.2) is 23.8 Å². The summed E-state index contributed by atoms with van der Waals surface area (Å²) in [7, 11) is 0. The second-order valence-corrected chi connectivity index (χ2v) is 6.06. The van der Waals surface area contributed by atoms with Gasteiger partial charge in [0.25, 0.3) is 0 Å². The van der Waals surface area contributed by atoms with E-state index in [0.717, 1.165) is 12.3 Å². The molecule has 2 nitrogen and oxygen atoms in total. The van der Waals surface area contributed by atoms with Crippen LogP contribution in [0.1, 0.15) is 40.5 Å². The minimum atomic E-state index is -0.175. The van der Waals surface area contributed by atoms with E-state index in [1.54, 1.807) is 0 Å². The van der Waals surface area contributed by atoms with Gasteiger partial charge in [0.2, 0.25) is 0 Å². The van der Waals surface area contributed by atoms with Crippen LogP contribution in [0.25, 0.3) is 0 Å². The standard InChI is InChI=1S/C16H24O2/c1-10(2)14-7-5-6-13-9-16(18-12(4)17)11(3)8-15(13)14/h5-6,8,10,13-16H,7,9H2,1-4H3. The molecule has 0 radical (unpaired) electrons. The molecule has 4 unspecified atom stereocenters. The molecule has 0 saturated heterocycles. The van der Waals surface area contributed by atoms with E-state index in [4.69, 9.17) is 4.74 Å². The zero-order valence-electron chi connectivity index (χ0n) is 11.8. The van der Waals surface area contributed by atoms with Crippen LogP contribution in [0.4, 0.5) is 0 Å². The molecule has 0 aromatic rings. The molecule has 2 heteroatoms. The molecule has 18 heavy (non-hydrogen) atoms. The first-order valence-corrected chi connectivity index (χ1v) is 7.01. The number of carbonyl (C=O) groups excluding carboxylic acids is 1. The van der Waals surface area contributed by atoms with Gasteiger partial charge >= 0.3 is 5.97 Å². The summed E-state index contributed by atoms with van der Waals surface area (Å²) in [5, 5.41) is 0. The summed E-state index contributed by atoms with van der Waals surface area (Å²) in [6.07, 6.45) is 9.11. The van der Waals surface area contributed by atoms with Crippen LogP contribution in [0.3, 0.4) is 0 Å². The molecule has 0 fully saturated rings. The molecule has 0 aliphatic heterocycles. The summed E-state index contributed by atoms with van der Waals surface area (Å²) in [4.78, 5) is 11.1. The van der Waals surface area contributed by atoms with Crippen molar-refractivity contribution in [1.82, 2.24) is 0 Å². The maximum atomic E-state index is 11.1. The van der Waals surface area contributed by atoms with Gasteiger partial charge in [0.15, 0.2) is 0 Å². The Balaban J connectivity index is 2.19. The van der Waals surface area contributed by atoms with E-state index >= 15 is 0 Å². The van der Waals surface area contributed by atoms with Crippen molar-refractivity contribution in [3.8, 4) is 0 Å². The lowest BCUT2D eigenvalue weighted by Gasteiger charge is -2.40. The molecule has 0 bridgehead atoms. The lowest BCUT2D eigenvalue weighted by atomic mass is 9.66. The Morgan fingerprint density at radius 3 is 2.78 bits per heavy atom. The number of allylic oxidation sites excluding steroid dienone is 3. The number of hydrogen-bond donors (Lipinski definition) is 0. The van der Waals surface area contributed by atoms with E-state index in [1.165, 1.54) is 18.9 Å². The van der Waals surface area contributed by atoms with Crippen molar-refractivity contribution in [2.45, 2.75) is 46.6 Å². The van der Waals surface area contributed by atoms with E-state index in [1.807, 2.05) is 0 Å². The van der Waals surface area contributed by atoms with E-state index < -0.39 is 0 Å². The van der Waals surface area contributed by atoms with Crippen molar-refractivity contribution < 1.29 is 9.53 Å². The Labute approximate surface area is 110 Å². The minimum Gasteiger partial charge on any atom is -0.458 e. The maximum Gasteiger partial charge on any atom is 0.303 e. The molecule has 0 aromatic heterocycles. The number of rotatable bonds is 2. The minimum absolute atomic E-state index is 0.0145. The Kier molecular flexibility index (Phi) is 3.94. The Hall–Kier alpha value is -1.05. The van der Waals surface area contributed by atoms with Gasteiger partial charge in [-0.25, -0.2) is 0 Å². The Bertz CT molecular complexity index is 379. The molecule has 0 spiro atoms. The van der Waals surface area contributed by atoms with Gasteiger partial charge in [-0.15, -0.1) is 0 Å². The fourth-order valence-electron chi connectivity index (χ4n) is 3.40. The van der Waals surface area contributed by atoms with Gasteiger partial charge < -0.3 is 4.74 Å². The smallest absolute Gasteiger partial charge is 0.303 e. The predicted octanol–water partition coefficient (Wildman–Crippen LogP) is 3.73. The summed E-state index contributed by atoms with van der Waals surface area (Å²) < 4.78 is 5.41.